The molecular formula is C12H14F2N2O3. The summed E-state index contributed by atoms with van der Waals surface area (Å²) < 4.78 is 25.3. The third kappa shape index (κ3) is 2.81. The Kier molecular flexibility index (Phi) is 3.66. The molecular weight excluding hydrogens is 258 g/mol. The van der Waals surface area contributed by atoms with Crippen molar-refractivity contribution in [2.75, 3.05) is 18.0 Å². The summed E-state index contributed by atoms with van der Waals surface area (Å²) in [5.41, 5.74) is -2.03. The van der Waals surface area contributed by atoms with Crippen molar-refractivity contribution in [1.29, 1.82) is 0 Å². The smallest absolute Gasteiger partial charge is 0.354 e. The number of aromatic nitrogens is 1. The molecule has 0 atom stereocenters. The van der Waals surface area contributed by atoms with Crippen molar-refractivity contribution in [2.24, 2.45) is 0 Å². The van der Waals surface area contributed by atoms with Crippen LogP contribution in [0.1, 0.15) is 23.3 Å². The fourth-order valence-corrected chi connectivity index (χ4v) is 2.06. The van der Waals surface area contributed by atoms with E-state index < -0.39 is 18.0 Å². The van der Waals surface area contributed by atoms with Gasteiger partial charge in [0.05, 0.1) is 0 Å². The summed E-state index contributed by atoms with van der Waals surface area (Å²) in [4.78, 5) is 16.5. The van der Waals surface area contributed by atoms with Gasteiger partial charge in [0.25, 0.3) is 6.43 Å². The monoisotopic (exact) mass is 272 g/mol. The number of aromatic carboxylic acids is 1. The second-order valence-electron chi connectivity index (χ2n) is 4.58. The molecule has 1 aromatic heterocycles. The van der Waals surface area contributed by atoms with Crippen LogP contribution in [0.15, 0.2) is 18.2 Å². The standard InChI is InChI=1S/C12H14F2N2O3/c13-11(14)12(19)4-6-16(7-5-12)9-3-1-2-8(15-9)10(17)18/h1-3,11,19H,4-7H2,(H,17,18). The van der Waals surface area contributed by atoms with E-state index in [9.17, 15) is 18.7 Å². The van der Waals surface area contributed by atoms with Crippen molar-refractivity contribution in [1.82, 2.24) is 4.98 Å². The number of hydrogen-bond donors (Lipinski definition) is 2. The highest BCUT2D eigenvalue weighted by atomic mass is 19.3. The number of anilines is 1. The van der Waals surface area contributed by atoms with Crippen molar-refractivity contribution in [2.45, 2.75) is 24.9 Å². The molecule has 1 fully saturated rings. The van der Waals surface area contributed by atoms with Gasteiger partial charge in [0, 0.05) is 13.1 Å². The lowest BCUT2D eigenvalue weighted by Crippen LogP contribution is -2.49. The van der Waals surface area contributed by atoms with Crippen LogP contribution in [0.25, 0.3) is 0 Å². The van der Waals surface area contributed by atoms with E-state index in [0.29, 0.717) is 5.82 Å². The molecule has 0 radical (unpaired) electrons. The molecule has 0 saturated carbocycles. The Morgan fingerprint density at radius 1 is 1.37 bits per heavy atom. The molecule has 1 saturated heterocycles. The molecule has 1 aliphatic heterocycles. The van der Waals surface area contributed by atoms with Crippen LogP contribution in [0.3, 0.4) is 0 Å². The van der Waals surface area contributed by atoms with E-state index in [-0.39, 0.29) is 31.6 Å². The number of carbonyl (C=O) groups is 1. The first-order valence-electron chi connectivity index (χ1n) is 5.88. The molecule has 0 aliphatic carbocycles. The van der Waals surface area contributed by atoms with Crippen LogP contribution in [0.5, 0.6) is 0 Å². The summed E-state index contributed by atoms with van der Waals surface area (Å²) in [5, 5.41) is 18.5. The SMILES string of the molecule is O=C(O)c1cccc(N2CCC(O)(C(F)F)CC2)n1. The number of alkyl halides is 2. The van der Waals surface area contributed by atoms with E-state index in [1.165, 1.54) is 6.07 Å². The van der Waals surface area contributed by atoms with Crippen LogP contribution >= 0.6 is 0 Å². The molecule has 2 N–H and O–H groups in total. The van der Waals surface area contributed by atoms with Gasteiger partial charge in [-0.1, -0.05) is 6.07 Å². The predicted molar refractivity (Wildman–Crippen MR) is 63.6 cm³/mol. The topological polar surface area (TPSA) is 73.7 Å². The van der Waals surface area contributed by atoms with E-state index in [2.05, 4.69) is 4.98 Å². The molecule has 2 rings (SSSR count). The first-order chi connectivity index (χ1) is 8.92. The van der Waals surface area contributed by atoms with E-state index in [1.807, 2.05) is 0 Å². The predicted octanol–water partition coefficient (Wildman–Crippen LogP) is 1.38. The summed E-state index contributed by atoms with van der Waals surface area (Å²) in [6, 6.07) is 4.55. The van der Waals surface area contributed by atoms with Gasteiger partial charge in [-0.3, -0.25) is 0 Å². The number of carboxylic acids is 1. The average Bonchev–Trinajstić information content (AvgIpc) is 2.39. The molecule has 7 heteroatoms. The van der Waals surface area contributed by atoms with Crippen LogP contribution in [0.2, 0.25) is 0 Å². The highest BCUT2D eigenvalue weighted by molar-refractivity contribution is 5.85. The number of carboxylic acid groups (broad SMARTS) is 1. The summed E-state index contributed by atoms with van der Waals surface area (Å²) in [6.45, 7) is 0.438. The number of aliphatic hydroxyl groups is 1. The minimum absolute atomic E-state index is 0.0658. The molecule has 104 valence electrons. The normalized spacial score (nSPS) is 18.6. The average molecular weight is 272 g/mol. The van der Waals surface area contributed by atoms with Gasteiger partial charge in [0.1, 0.15) is 11.4 Å². The zero-order valence-electron chi connectivity index (χ0n) is 10.1. The molecule has 0 bridgehead atoms. The third-order valence-corrected chi connectivity index (χ3v) is 3.31. The van der Waals surface area contributed by atoms with Crippen molar-refractivity contribution in [3.05, 3.63) is 23.9 Å². The van der Waals surface area contributed by atoms with Crippen molar-refractivity contribution >= 4 is 11.8 Å². The van der Waals surface area contributed by atoms with Crippen molar-refractivity contribution < 1.29 is 23.8 Å². The van der Waals surface area contributed by atoms with Crippen LogP contribution in [-0.2, 0) is 0 Å². The Morgan fingerprint density at radius 2 is 2.00 bits per heavy atom. The first kappa shape index (κ1) is 13.7. The number of hydrogen-bond acceptors (Lipinski definition) is 4. The Balaban J connectivity index is 2.09. The fourth-order valence-electron chi connectivity index (χ4n) is 2.06. The summed E-state index contributed by atoms with van der Waals surface area (Å²) >= 11 is 0. The van der Waals surface area contributed by atoms with E-state index in [4.69, 9.17) is 5.11 Å². The Morgan fingerprint density at radius 3 is 2.53 bits per heavy atom. The number of piperidine rings is 1. The maximum atomic E-state index is 12.6. The molecule has 0 amide bonds. The number of halogens is 2. The first-order valence-corrected chi connectivity index (χ1v) is 5.88. The Bertz CT molecular complexity index is 474. The molecule has 5 nitrogen and oxygen atoms in total. The molecule has 0 unspecified atom stereocenters. The third-order valence-electron chi connectivity index (χ3n) is 3.31. The van der Waals surface area contributed by atoms with Gasteiger partial charge < -0.3 is 15.1 Å². The highest BCUT2D eigenvalue weighted by Crippen LogP contribution is 2.30. The van der Waals surface area contributed by atoms with Crippen LogP contribution < -0.4 is 4.90 Å². The van der Waals surface area contributed by atoms with Gasteiger partial charge in [-0.05, 0) is 25.0 Å². The molecule has 19 heavy (non-hydrogen) atoms. The zero-order valence-corrected chi connectivity index (χ0v) is 10.1. The van der Waals surface area contributed by atoms with Gasteiger partial charge in [0.2, 0.25) is 0 Å². The van der Waals surface area contributed by atoms with Crippen molar-refractivity contribution in [3.63, 3.8) is 0 Å². The van der Waals surface area contributed by atoms with Gasteiger partial charge in [0.15, 0.2) is 5.69 Å². The Hall–Kier alpha value is -1.76. The van der Waals surface area contributed by atoms with Crippen molar-refractivity contribution in [3.8, 4) is 0 Å². The molecule has 0 spiro atoms. The lowest BCUT2D eigenvalue weighted by molar-refractivity contribution is -0.109. The second kappa shape index (κ2) is 5.08. The highest BCUT2D eigenvalue weighted by Gasteiger charge is 2.40. The van der Waals surface area contributed by atoms with Crippen LogP contribution in [0, 0.1) is 0 Å². The largest absolute Gasteiger partial charge is 0.477 e. The van der Waals surface area contributed by atoms with Gasteiger partial charge in [-0.15, -0.1) is 0 Å². The summed E-state index contributed by atoms with van der Waals surface area (Å²) in [6.07, 6.45) is -2.90. The number of rotatable bonds is 3. The Labute approximate surface area is 108 Å². The number of nitrogens with zero attached hydrogens (tertiary/aromatic N) is 2. The van der Waals surface area contributed by atoms with E-state index in [1.54, 1.807) is 17.0 Å². The fraction of sp³-hybridized carbons (Fsp3) is 0.500. The maximum absolute atomic E-state index is 12.6. The molecule has 0 aromatic carbocycles. The quantitative estimate of drug-likeness (QED) is 0.869. The second-order valence-corrected chi connectivity index (χ2v) is 4.58. The zero-order chi connectivity index (χ0) is 14.0. The minimum Gasteiger partial charge on any atom is -0.477 e. The van der Waals surface area contributed by atoms with E-state index >= 15 is 0 Å². The van der Waals surface area contributed by atoms with Crippen LogP contribution in [-0.4, -0.2) is 46.3 Å². The minimum atomic E-state index is -2.77. The number of pyridine rings is 1. The van der Waals surface area contributed by atoms with E-state index in [0.717, 1.165) is 0 Å². The lowest BCUT2D eigenvalue weighted by Gasteiger charge is -2.38. The van der Waals surface area contributed by atoms with Gasteiger partial charge in [-0.25, -0.2) is 18.6 Å². The summed E-state index contributed by atoms with van der Waals surface area (Å²) in [5.74, 6) is -0.709. The maximum Gasteiger partial charge on any atom is 0.354 e. The van der Waals surface area contributed by atoms with Gasteiger partial charge in [-0.2, -0.15) is 0 Å². The van der Waals surface area contributed by atoms with Crippen LogP contribution in [0.4, 0.5) is 14.6 Å². The molecule has 1 aromatic rings. The summed E-state index contributed by atoms with van der Waals surface area (Å²) in [7, 11) is 0. The lowest BCUT2D eigenvalue weighted by atomic mass is 9.92. The van der Waals surface area contributed by atoms with Gasteiger partial charge >= 0.3 is 5.97 Å². The molecule has 1 aliphatic rings. The molecule has 2 heterocycles.